The molecule has 0 radical (unpaired) electrons. The minimum absolute atomic E-state index is 0.302. The van der Waals surface area contributed by atoms with E-state index in [0.29, 0.717) is 10.7 Å². The van der Waals surface area contributed by atoms with Crippen molar-refractivity contribution in [3.63, 3.8) is 0 Å². The van der Waals surface area contributed by atoms with Gasteiger partial charge in [-0.1, -0.05) is 12.2 Å². The van der Waals surface area contributed by atoms with E-state index in [4.69, 9.17) is 18.0 Å². The summed E-state index contributed by atoms with van der Waals surface area (Å²) >= 11 is 4.94. The average molecular weight is 247 g/mol. The number of nitrogens with zero attached hydrogens (tertiary/aromatic N) is 3. The standard InChI is InChI=1S/C11H13N5S/c12-11(17)10-9(2-1-3-15-10)14-5-7-16-6-4-13-8-16/h1-4,6,8,14H,5,7H2,(H2,12,17). The Morgan fingerprint density at radius 2 is 2.35 bits per heavy atom. The van der Waals surface area contributed by atoms with Gasteiger partial charge in [0.25, 0.3) is 0 Å². The number of imidazole rings is 1. The van der Waals surface area contributed by atoms with Gasteiger partial charge in [-0.05, 0) is 12.1 Å². The lowest BCUT2D eigenvalue weighted by Crippen LogP contribution is -2.17. The molecule has 0 bridgehead atoms. The number of thiocarbonyl (C=S) groups is 1. The Bertz CT molecular complexity index is 494. The van der Waals surface area contributed by atoms with E-state index in [9.17, 15) is 0 Å². The van der Waals surface area contributed by atoms with Crippen LogP contribution in [0.15, 0.2) is 37.1 Å². The third kappa shape index (κ3) is 3.01. The van der Waals surface area contributed by atoms with E-state index >= 15 is 0 Å². The highest BCUT2D eigenvalue weighted by atomic mass is 32.1. The first-order valence-electron chi connectivity index (χ1n) is 5.22. The van der Waals surface area contributed by atoms with Gasteiger partial charge in [-0.15, -0.1) is 0 Å². The maximum atomic E-state index is 5.59. The van der Waals surface area contributed by atoms with Crippen LogP contribution in [0.4, 0.5) is 5.69 Å². The summed E-state index contributed by atoms with van der Waals surface area (Å²) in [6.45, 7) is 1.59. The molecule has 0 aliphatic rings. The quantitative estimate of drug-likeness (QED) is 0.772. The summed E-state index contributed by atoms with van der Waals surface area (Å²) in [5.74, 6) is 0. The average Bonchev–Trinajstić information content (AvgIpc) is 2.82. The molecule has 0 spiro atoms. The first kappa shape index (κ1) is 11.5. The van der Waals surface area contributed by atoms with Crippen LogP contribution in [-0.4, -0.2) is 26.1 Å². The van der Waals surface area contributed by atoms with Crippen LogP contribution in [0.3, 0.4) is 0 Å². The minimum Gasteiger partial charge on any atom is -0.388 e. The highest BCUT2D eigenvalue weighted by Gasteiger charge is 2.04. The molecule has 88 valence electrons. The summed E-state index contributed by atoms with van der Waals surface area (Å²) in [6.07, 6.45) is 7.12. The molecule has 17 heavy (non-hydrogen) atoms. The zero-order valence-corrected chi connectivity index (χ0v) is 10.0. The fraction of sp³-hybridized carbons (Fsp3) is 0.182. The normalized spacial score (nSPS) is 10.1. The van der Waals surface area contributed by atoms with Crippen LogP contribution in [0, 0.1) is 0 Å². The smallest absolute Gasteiger partial charge is 0.124 e. The summed E-state index contributed by atoms with van der Waals surface area (Å²) in [4.78, 5) is 8.42. The molecule has 2 aromatic rings. The van der Waals surface area contributed by atoms with Crippen LogP contribution in [0.1, 0.15) is 5.69 Å². The van der Waals surface area contributed by atoms with Crippen molar-refractivity contribution in [3.05, 3.63) is 42.7 Å². The van der Waals surface area contributed by atoms with Crippen LogP contribution < -0.4 is 11.1 Å². The van der Waals surface area contributed by atoms with E-state index in [1.165, 1.54) is 0 Å². The Morgan fingerprint density at radius 3 is 3.06 bits per heavy atom. The number of hydrogen-bond donors (Lipinski definition) is 2. The fourth-order valence-corrected chi connectivity index (χ4v) is 1.65. The second-order valence-electron chi connectivity index (χ2n) is 3.49. The van der Waals surface area contributed by atoms with Crippen molar-refractivity contribution in [1.82, 2.24) is 14.5 Å². The molecule has 3 N–H and O–H groups in total. The minimum atomic E-state index is 0.302. The molecule has 0 aromatic carbocycles. The number of nitrogens with two attached hydrogens (primary N) is 1. The molecule has 5 nitrogen and oxygen atoms in total. The van der Waals surface area contributed by atoms with Crippen LogP contribution in [0.25, 0.3) is 0 Å². The molecular weight excluding hydrogens is 234 g/mol. The Kier molecular flexibility index (Phi) is 3.66. The van der Waals surface area contributed by atoms with Crippen molar-refractivity contribution in [1.29, 1.82) is 0 Å². The highest BCUT2D eigenvalue weighted by Crippen LogP contribution is 2.11. The van der Waals surface area contributed by atoms with Gasteiger partial charge in [-0.3, -0.25) is 4.98 Å². The molecular formula is C11H13N5S. The molecule has 0 unspecified atom stereocenters. The predicted octanol–water partition coefficient (Wildman–Crippen LogP) is 1.02. The van der Waals surface area contributed by atoms with Gasteiger partial charge in [-0.25, -0.2) is 4.98 Å². The van der Waals surface area contributed by atoms with Crippen molar-refractivity contribution >= 4 is 22.9 Å². The molecule has 0 saturated heterocycles. The van der Waals surface area contributed by atoms with E-state index in [-0.39, 0.29) is 0 Å². The first-order chi connectivity index (χ1) is 8.27. The van der Waals surface area contributed by atoms with Crippen LogP contribution in [-0.2, 0) is 6.54 Å². The molecule has 0 saturated carbocycles. The predicted molar refractivity (Wildman–Crippen MR) is 70.8 cm³/mol. The van der Waals surface area contributed by atoms with Gasteiger partial charge in [-0.2, -0.15) is 0 Å². The number of anilines is 1. The van der Waals surface area contributed by atoms with E-state index < -0.39 is 0 Å². The third-order valence-corrected chi connectivity index (χ3v) is 2.48. The van der Waals surface area contributed by atoms with Gasteiger partial charge >= 0.3 is 0 Å². The highest BCUT2D eigenvalue weighted by molar-refractivity contribution is 7.80. The molecule has 2 aromatic heterocycles. The molecule has 0 atom stereocenters. The molecule has 2 rings (SSSR count). The van der Waals surface area contributed by atoms with E-state index in [1.807, 2.05) is 22.9 Å². The lowest BCUT2D eigenvalue weighted by atomic mass is 10.3. The Balaban J connectivity index is 1.97. The lowest BCUT2D eigenvalue weighted by Gasteiger charge is -2.10. The maximum absolute atomic E-state index is 5.59. The number of hydrogen-bond acceptors (Lipinski definition) is 4. The van der Waals surface area contributed by atoms with Gasteiger partial charge in [0.1, 0.15) is 10.7 Å². The zero-order valence-electron chi connectivity index (χ0n) is 9.21. The van der Waals surface area contributed by atoms with Crippen molar-refractivity contribution in [3.8, 4) is 0 Å². The Hall–Kier alpha value is -1.95. The SMILES string of the molecule is NC(=S)c1ncccc1NCCn1ccnc1. The van der Waals surface area contributed by atoms with Gasteiger partial charge in [0.2, 0.25) is 0 Å². The third-order valence-electron chi connectivity index (χ3n) is 2.29. The van der Waals surface area contributed by atoms with Gasteiger partial charge in [0.15, 0.2) is 0 Å². The van der Waals surface area contributed by atoms with Crippen molar-refractivity contribution in [2.24, 2.45) is 5.73 Å². The van der Waals surface area contributed by atoms with Crippen LogP contribution in [0.5, 0.6) is 0 Å². The molecule has 0 amide bonds. The second-order valence-corrected chi connectivity index (χ2v) is 3.93. The summed E-state index contributed by atoms with van der Waals surface area (Å²) in [7, 11) is 0. The van der Waals surface area contributed by atoms with Crippen molar-refractivity contribution in [2.45, 2.75) is 6.54 Å². The van der Waals surface area contributed by atoms with Gasteiger partial charge < -0.3 is 15.6 Å². The Morgan fingerprint density at radius 1 is 1.47 bits per heavy atom. The number of pyridine rings is 1. The van der Waals surface area contributed by atoms with E-state index in [0.717, 1.165) is 18.8 Å². The summed E-state index contributed by atoms with van der Waals surface area (Å²) in [5.41, 5.74) is 7.09. The van der Waals surface area contributed by atoms with Crippen LogP contribution in [0.2, 0.25) is 0 Å². The first-order valence-corrected chi connectivity index (χ1v) is 5.62. The van der Waals surface area contributed by atoms with Crippen molar-refractivity contribution < 1.29 is 0 Å². The van der Waals surface area contributed by atoms with Crippen molar-refractivity contribution in [2.75, 3.05) is 11.9 Å². The molecule has 0 aliphatic heterocycles. The van der Waals surface area contributed by atoms with E-state index in [1.54, 1.807) is 18.7 Å². The number of aromatic nitrogens is 3. The van der Waals surface area contributed by atoms with E-state index in [2.05, 4.69) is 15.3 Å². The van der Waals surface area contributed by atoms with Gasteiger partial charge in [0, 0.05) is 31.7 Å². The molecule has 6 heteroatoms. The monoisotopic (exact) mass is 247 g/mol. The van der Waals surface area contributed by atoms with Crippen LogP contribution >= 0.6 is 12.2 Å². The fourth-order valence-electron chi connectivity index (χ4n) is 1.48. The summed E-state index contributed by atoms with van der Waals surface area (Å²) < 4.78 is 1.99. The Labute approximate surface area is 105 Å². The maximum Gasteiger partial charge on any atom is 0.124 e. The zero-order chi connectivity index (χ0) is 12.1. The molecule has 2 heterocycles. The lowest BCUT2D eigenvalue weighted by molar-refractivity contribution is 0.726. The summed E-state index contributed by atoms with van der Waals surface area (Å²) in [5, 5.41) is 3.25. The summed E-state index contributed by atoms with van der Waals surface area (Å²) in [6, 6.07) is 3.76. The topological polar surface area (TPSA) is 68.8 Å². The van der Waals surface area contributed by atoms with Gasteiger partial charge in [0.05, 0.1) is 12.0 Å². The second kappa shape index (κ2) is 5.40. The largest absolute Gasteiger partial charge is 0.388 e. The number of rotatable bonds is 5. The molecule has 0 aliphatic carbocycles. The molecule has 0 fully saturated rings. The number of nitrogens with one attached hydrogen (secondary N) is 1.